The summed E-state index contributed by atoms with van der Waals surface area (Å²) in [5, 5.41) is 3.25. The van der Waals surface area contributed by atoms with Crippen molar-refractivity contribution in [2.45, 2.75) is 77.4 Å². The number of hydrogen-bond acceptors (Lipinski definition) is 3. The van der Waals surface area contributed by atoms with Crippen LogP contribution < -0.4 is 10.1 Å². The molecule has 0 aromatic heterocycles. The van der Waals surface area contributed by atoms with E-state index in [4.69, 9.17) is 4.74 Å². The van der Waals surface area contributed by atoms with Gasteiger partial charge in [-0.1, -0.05) is 87.4 Å². The fourth-order valence-electron chi connectivity index (χ4n) is 5.11. The predicted octanol–water partition coefficient (Wildman–Crippen LogP) is 6.96. The molecule has 4 rings (SSSR count). The van der Waals surface area contributed by atoms with E-state index < -0.39 is 6.04 Å². The average molecular weight is 592 g/mol. The minimum atomic E-state index is -0.657. The first-order valence-electron chi connectivity index (χ1n) is 13.9. The molecule has 3 aromatic carbocycles. The highest BCUT2D eigenvalue weighted by Crippen LogP contribution is 2.29. The SMILES string of the molecule is Cc1ccccc1CN(C(=O)COc1ccc(C(C)C)cc1Br)[C@H](Cc1ccccc1)C(=O)NC1CCCC1. The van der Waals surface area contributed by atoms with Crippen LogP contribution in [0.4, 0.5) is 0 Å². The molecule has 206 valence electrons. The van der Waals surface area contributed by atoms with Gasteiger partial charge in [0, 0.05) is 19.0 Å². The first-order chi connectivity index (χ1) is 18.8. The van der Waals surface area contributed by atoms with Gasteiger partial charge in [0.15, 0.2) is 6.61 Å². The Labute approximate surface area is 241 Å². The Morgan fingerprint density at radius 2 is 1.69 bits per heavy atom. The largest absolute Gasteiger partial charge is 0.483 e. The molecule has 0 spiro atoms. The second kappa shape index (κ2) is 13.8. The summed E-state index contributed by atoms with van der Waals surface area (Å²) in [5.74, 6) is 0.674. The van der Waals surface area contributed by atoms with E-state index in [1.54, 1.807) is 4.90 Å². The molecular weight excluding hydrogens is 552 g/mol. The quantitative estimate of drug-likeness (QED) is 0.262. The molecule has 0 unspecified atom stereocenters. The molecule has 1 saturated carbocycles. The Kier molecular flexibility index (Phi) is 10.2. The number of carbonyl (C=O) groups is 2. The van der Waals surface area contributed by atoms with Crippen molar-refractivity contribution in [1.29, 1.82) is 0 Å². The van der Waals surface area contributed by atoms with Crippen molar-refractivity contribution < 1.29 is 14.3 Å². The van der Waals surface area contributed by atoms with E-state index in [1.807, 2.05) is 79.7 Å². The molecule has 2 amide bonds. The Balaban J connectivity index is 1.61. The maximum Gasteiger partial charge on any atom is 0.261 e. The van der Waals surface area contributed by atoms with Crippen LogP contribution in [0.2, 0.25) is 0 Å². The Morgan fingerprint density at radius 3 is 2.36 bits per heavy atom. The molecule has 0 radical (unpaired) electrons. The van der Waals surface area contributed by atoms with Gasteiger partial charge >= 0.3 is 0 Å². The Bertz CT molecular complexity index is 1250. The highest BCUT2D eigenvalue weighted by atomic mass is 79.9. The molecule has 3 aromatic rings. The van der Waals surface area contributed by atoms with Crippen molar-refractivity contribution in [3.05, 3.63) is 99.5 Å². The number of amides is 2. The van der Waals surface area contributed by atoms with Gasteiger partial charge in [-0.3, -0.25) is 9.59 Å². The third kappa shape index (κ3) is 7.95. The zero-order valence-electron chi connectivity index (χ0n) is 23.2. The first kappa shape index (κ1) is 28.9. The summed E-state index contributed by atoms with van der Waals surface area (Å²) in [5.41, 5.74) is 4.30. The summed E-state index contributed by atoms with van der Waals surface area (Å²) in [6.07, 6.45) is 4.65. The summed E-state index contributed by atoms with van der Waals surface area (Å²) < 4.78 is 6.84. The van der Waals surface area contributed by atoms with Crippen molar-refractivity contribution in [1.82, 2.24) is 10.2 Å². The molecular formula is C33H39BrN2O3. The van der Waals surface area contributed by atoms with Gasteiger partial charge in [0.05, 0.1) is 4.47 Å². The minimum Gasteiger partial charge on any atom is -0.483 e. The van der Waals surface area contributed by atoms with Crippen molar-refractivity contribution in [3.63, 3.8) is 0 Å². The molecule has 0 aliphatic heterocycles. The van der Waals surface area contributed by atoms with Crippen molar-refractivity contribution in [3.8, 4) is 5.75 Å². The molecule has 1 atom stereocenters. The van der Waals surface area contributed by atoms with Gasteiger partial charge in [-0.25, -0.2) is 0 Å². The lowest BCUT2D eigenvalue weighted by atomic mass is 10.0. The number of nitrogens with one attached hydrogen (secondary N) is 1. The Morgan fingerprint density at radius 1 is 1.00 bits per heavy atom. The van der Waals surface area contributed by atoms with Crippen LogP contribution in [0.1, 0.15) is 67.7 Å². The molecule has 1 aliphatic rings. The van der Waals surface area contributed by atoms with Crippen molar-refractivity contribution in [2.75, 3.05) is 6.61 Å². The van der Waals surface area contributed by atoms with Crippen LogP contribution in [0.15, 0.2) is 77.3 Å². The van der Waals surface area contributed by atoms with Gasteiger partial charge in [-0.05, 0) is 76.0 Å². The lowest BCUT2D eigenvalue weighted by molar-refractivity contribution is -0.143. The van der Waals surface area contributed by atoms with Gasteiger partial charge in [-0.2, -0.15) is 0 Å². The number of carbonyl (C=O) groups excluding carboxylic acids is 2. The van der Waals surface area contributed by atoms with Gasteiger partial charge < -0.3 is 15.0 Å². The number of nitrogens with zero attached hydrogens (tertiary/aromatic N) is 1. The third-order valence-corrected chi connectivity index (χ3v) is 8.17. The monoisotopic (exact) mass is 590 g/mol. The Hall–Kier alpha value is -3.12. The van der Waals surface area contributed by atoms with E-state index in [1.165, 1.54) is 5.56 Å². The molecule has 6 heteroatoms. The number of hydrogen-bond donors (Lipinski definition) is 1. The van der Waals surface area contributed by atoms with E-state index in [2.05, 4.69) is 35.1 Å². The maximum atomic E-state index is 13.9. The summed E-state index contributed by atoms with van der Waals surface area (Å²) >= 11 is 3.60. The van der Waals surface area contributed by atoms with E-state index in [0.29, 0.717) is 24.6 Å². The molecule has 1 N–H and O–H groups in total. The zero-order chi connectivity index (χ0) is 27.8. The van der Waals surface area contributed by atoms with E-state index in [0.717, 1.165) is 46.8 Å². The number of benzene rings is 3. The van der Waals surface area contributed by atoms with E-state index >= 15 is 0 Å². The highest BCUT2D eigenvalue weighted by molar-refractivity contribution is 9.10. The van der Waals surface area contributed by atoms with Crippen LogP contribution in [0, 0.1) is 6.92 Å². The topological polar surface area (TPSA) is 58.6 Å². The maximum absolute atomic E-state index is 13.9. The number of aryl methyl sites for hydroxylation is 1. The van der Waals surface area contributed by atoms with Crippen LogP contribution in [0.25, 0.3) is 0 Å². The van der Waals surface area contributed by atoms with Gasteiger partial charge in [0.25, 0.3) is 5.91 Å². The van der Waals surface area contributed by atoms with Crippen LogP contribution in [0.5, 0.6) is 5.75 Å². The summed E-state index contributed by atoms with van der Waals surface area (Å²) in [6, 6.07) is 23.4. The lowest BCUT2D eigenvalue weighted by Gasteiger charge is -2.32. The lowest BCUT2D eigenvalue weighted by Crippen LogP contribution is -2.53. The summed E-state index contributed by atoms with van der Waals surface area (Å²) in [6.45, 7) is 6.48. The van der Waals surface area contributed by atoms with Gasteiger partial charge in [-0.15, -0.1) is 0 Å². The minimum absolute atomic E-state index is 0.102. The molecule has 0 saturated heterocycles. The fourth-order valence-corrected chi connectivity index (χ4v) is 5.62. The first-order valence-corrected chi connectivity index (χ1v) is 14.7. The summed E-state index contributed by atoms with van der Waals surface area (Å²) in [7, 11) is 0. The fraction of sp³-hybridized carbons (Fsp3) is 0.394. The summed E-state index contributed by atoms with van der Waals surface area (Å²) in [4.78, 5) is 29.4. The number of ether oxygens (including phenoxy) is 1. The molecule has 1 fully saturated rings. The smallest absolute Gasteiger partial charge is 0.261 e. The molecule has 39 heavy (non-hydrogen) atoms. The van der Waals surface area contributed by atoms with Crippen molar-refractivity contribution >= 4 is 27.7 Å². The predicted molar refractivity (Wildman–Crippen MR) is 160 cm³/mol. The molecule has 0 heterocycles. The van der Waals surface area contributed by atoms with Crippen LogP contribution in [0.3, 0.4) is 0 Å². The molecule has 1 aliphatic carbocycles. The van der Waals surface area contributed by atoms with Gasteiger partial charge in [0.2, 0.25) is 5.91 Å². The molecule has 0 bridgehead atoms. The average Bonchev–Trinajstić information content (AvgIpc) is 3.44. The normalized spacial score (nSPS) is 14.3. The molecule has 5 nitrogen and oxygen atoms in total. The second-order valence-corrected chi connectivity index (χ2v) is 11.6. The second-order valence-electron chi connectivity index (χ2n) is 10.8. The highest BCUT2D eigenvalue weighted by Gasteiger charge is 2.32. The van der Waals surface area contributed by atoms with Gasteiger partial charge in [0.1, 0.15) is 11.8 Å². The zero-order valence-corrected chi connectivity index (χ0v) is 24.7. The van der Waals surface area contributed by atoms with Crippen molar-refractivity contribution in [2.24, 2.45) is 0 Å². The van der Waals surface area contributed by atoms with E-state index in [9.17, 15) is 9.59 Å². The third-order valence-electron chi connectivity index (χ3n) is 7.55. The van der Waals surface area contributed by atoms with Crippen LogP contribution >= 0.6 is 15.9 Å². The number of halogens is 1. The number of rotatable bonds is 11. The van der Waals surface area contributed by atoms with Crippen LogP contribution in [-0.4, -0.2) is 35.4 Å². The van der Waals surface area contributed by atoms with E-state index in [-0.39, 0.29) is 24.5 Å². The standard InChI is InChI=1S/C33H39BrN2O3/c1-23(2)26-17-18-31(29(34)20-26)39-22-32(37)36(21-27-14-8-7-11-24(27)3)30(19-25-12-5-4-6-13-25)33(38)35-28-15-9-10-16-28/h4-8,11-14,17-18,20,23,28,30H,9-10,15-16,19,21-22H2,1-3H3,(H,35,38)/t30-/m1/s1. The van der Waals surface area contributed by atoms with Crippen LogP contribution in [-0.2, 0) is 22.6 Å².